The zero-order valence-corrected chi connectivity index (χ0v) is 11.7. The third-order valence-corrected chi connectivity index (χ3v) is 3.25. The van der Waals surface area contributed by atoms with Gasteiger partial charge in [-0.05, 0) is 6.92 Å². The van der Waals surface area contributed by atoms with E-state index in [0.29, 0.717) is 0 Å². The summed E-state index contributed by atoms with van der Waals surface area (Å²) in [6.07, 6.45) is 1.20. The summed E-state index contributed by atoms with van der Waals surface area (Å²) in [5, 5.41) is 0. The zero-order chi connectivity index (χ0) is 13.2. The number of rotatable bonds is 6. The lowest BCUT2D eigenvalue weighted by atomic mass is 9.89. The Morgan fingerprint density at radius 2 is 1.50 bits per heavy atom. The van der Waals surface area contributed by atoms with E-state index in [1.165, 1.54) is 0 Å². The highest BCUT2D eigenvalue weighted by molar-refractivity contribution is 7.86. The minimum atomic E-state index is -3.57. The molecule has 0 aliphatic carbocycles. The van der Waals surface area contributed by atoms with Gasteiger partial charge < -0.3 is 0 Å². The van der Waals surface area contributed by atoms with E-state index >= 15 is 0 Å². The lowest BCUT2D eigenvalue weighted by Gasteiger charge is -2.29. The van der Waals surface area contributed by atoms with Crippen molar-refractivity contribution in [2.24, 2.45) is 5.41 Å². The molecule has 0 N–H and O–H groups in total. The Labute approximate surface area is 97.2 Å². The van der Waals surface area contributed by atoms with Crippen LogP contribution in [0.4, 0.5) is 0 Å². The van der Waals surface area contributed by atoms with Crippen molar-refractivity contribution in [1.29, 1.82) is 0 Å². The van der Waals surface area contributed by atoms with Crippen molar-refractivity contribution < 1.29 is 25.2 Å². The maximum Gasteiger partial charge on any atom is 0.264 e. The summed E-state index contributed by atoms with van der Waals surface area (Å²) in [6.45, 7) is 4.73. The van der Waals surface area contributed by atoms with Crippen molar-refractivity contribution >= 4 is 20.2 Å². The molecule has 0 aromatic rings. The highest BCUT2D eigenvalue weighted by Gasteiger charge is 2.31. The van der Waals surface area contributed by atoms with Gasteiger partial charge in [-0.25, -0.2) is 0 Å². The smallest absolute Gasteiger partial charge is 0.264 e. The molecule has 0 amide bonds. The molecule has 0 aromatic carbocycles. The van der Waals surface area contributed by atoms with E-state index in [0.717, 1.165) is 12.5 Å². The van der Waals surface area contributed by atoms with Crippen molar-refractivity contribution in [2.75, 3.05) is 19.1 Å². The summed E-state index contributed by atoms with van der Waals surface area (Å²) in [4.78, 5) is 0. The number of hydrogen-bond acceptors (Lipinski definition) is 6. The third kappa shape index (κ3) is 7.15. The Balaban J connectivity index is 4.55. The Hall–Kier alpha value is -0.180. The van der Waals surface area contributed by atoms with Crippen molar-refractivity contribution in [2.45, 2.75) is 26.9 Å². The first-order valence-electron chi connectivity index (χ1n) is 4.56. The largest absolute Gasteiger partial charge is 0.270 e. The second-order valence-electron chi connectivity index (χ2n) is 4.40. The van der Waals surface area contributed by atoms with E-state index in [4.69, 9.17) is 4.18 Å². The predicted molar refractivity (Wildman–Crippen MR) is 60.0 cm³/mol. The molecule has 0 aliphatic heterocycles. The van der Waals surface area contributed by atoms with Gasteiger partial charge in [0.2, 0.25) is 0 Å². The molecule has 98 valence electrons. The molecule has 16 heavy (non-hydrogen) atoms. The Morgan fingerprint density at radius 3 is 1.81 bits per heavy atom. The van der Waals surface area contributed by atoms with E-state index in [1.54, 1.807) is 20.8 Å². The van der Waals surface area contributed by atoms with Crippen LogP contribution >= 0.6 is 0 Å². The van der Waals surface area contributed by atoms with Crippen LogP contribution in [-0.2, 0) is 28.6 Å². The van der Waals surface area contributed by atoms with Gasteiger partial charge in [-0.15, -0.1) is 0 Å². The molecule has 6 nitrogen and oxygen atoms in total. The maximum absolute atomic E-state index is 10.9. The fourth-order valence-corrected chi connectivity index (χ4v) is 2.07. The van der Waals surface area contributed by atoms with Gasteiger partial charge in [0.25, 0.3) is 20.2 Å². The van der Waals surface area contributed by atoms with Gasteiger partial charge in [-0.1, -0.05) is 13.8 Å². The summed E-state index contributed by atoms with van der Waals surface area (Å²) in [6, 6.07) is 0. The van der Waals surface area contributed by atoms with E-state index in [-0.39, 0.29) is 6.61 Å². The van der Waals surface area contributed by atoms with E-state index < -0.39 is 31.8 Å². The molecule has 0 saturated heterocycles. The van der Waals surface area contributed by atoms with Crippen molar-refractivity contribution in [3.8, 4) is 0 Å². The SMILES string of the molecule is C[C@H](OS(C)(=O)=O)C(C)(C)COS(C)(=O)=O. The fourth-order valence-electron chi connectivity index (χ4n) is 0.769. The van der Waals surface area contributed by atoms with Crippen molar-refractivity contribution in [3.63, 3.8) is 0 Å². The van der Waals surface area contributed by atoms with E-state index in [1.807, 2.05) is 0 Å². The molecule has 0 saturated carbocycles. The summed E-state index contributed by atoms with van der Waals surface area (Å²) in [7, 11) is -7.10. The molecule has 0 bridgehead atoms. The van der Waals surface area contributed by atoms with Gasteiger partial charge in [0.05, 0.1) is 25.2 Å². The first kappa shape index (κ1) is 15.8. The summed E-state index contributed by atoms with van der Waals surface area (Å²) < 4.78 is 52.8. The summed E-state index contributed by atoms with van der Waals surface area (Å²) >= 11 is 0. The molecular weight excluding hydrogens is 256 g/mol. The Kier molecular flexibility index (Phi) is 4.93. The normalized spacial score (nSPS) is 16.1. The van der Waals surface area contributed by atoms with Crippen LogP contribution in [0.5, 0.6) is 0 Å². The van der Waals surface area contributed by atoms with Crippen molar-refractivity contribution in [1.82, 2.24) is 0 Å². The highest BCUT2D eigenvalue weighted by Crippen LogP contribution is 2.25. The van der Waals surface area contributed by atoms with Crippen LogP contribution in [0.1, 0.15) is 20.8 Å². The van der Waals surface area contributed by atoms with Crippen LogP contribution in [0, 0.1) is 5.41 Å². The average Bonchev–Trinajstić information content (AvgIpc) is 1.96. The lowest BCUT2D eigenvalue weighted by molar-refractivity contribution is 0.0536. The first-order chi connectivity index (χ1) is 6.83. The van der Waals surface area contributed by atoms with Crippen LogP contribution < -0.4 is 0 Å². The monoisotopic (exact) mass is 274 g/mol. The van der Waals surface area contributed by atoms with Gasteiger partial charge in [-0.3, -0.25) is 8.37 Å². The standard InChI is InChI=1S/C8H18O6S2/c1-7(14-16(5,11)12)8(2,3)6-13-15(4,9)10/h7H,6H2,1-5H3/t7-/m0/s1. The van der Waals surface area contributed by atoms with Crippen LogP contribution in [0.25, 0.3) is 0 Å². The molecule has 0 heterocycles. The average molecular weight is 274 g/mol. The summed E-state index contributed by atoms with van der Waals surface area (Å²) in [5.74, 6) is 0. The van der Waals surface area contributed by atoms with Gasteiger partial charge in [0.1, 0.15) is 0 Å². The van der Waals surface area contributed by atoms with Crippen molar-refractivity contribution in [3.05, 3.63) is 0 Å². The molecule has 0 aromatic heterocycles. The second kappa shape index (κ2) is 4.99. The molecular formula is C8H18O6S2. The van der Waals surface area contributed by atoms with Gasteiger partial charge in [-0.2, -0.15) is 16.8 Å². The molecule has 0 rings (SSSR count). The molecule has 0 aliphatic rings. The van der Waals surface area contributed by atoms with Crippen LogP contribution in [0.3, 0.4) is 0 Å². The molecule has 0 unspecified atom stereocenters. The Bertz CT molecular complexity index is 419. The van der Waals surface area contributed by atoms with E-state index in [2.05, 4.69) is 4.18 Å². The quantitative estimate of drug-likeness (QED) is 0.650. The lowest BCUT2D eigenvalue weighted by Crippen LogP contribution is -2.36. The summed E-state index contributed by atoms with van der Waals surface area (Å²) in [5.41, 5.74) is -0.730. The van der Waals surface area contributed by atoms with Gasteiger partial charge in [0, 0.05) is 5.41 Å². The minimum Gasteiger partial charge on any atom is -0.270 e. The minimum absolute atomic E-state index is 0.136. The van der Waals surface area contributed by atoms with E-state index in [9.17, 15) is 16.8 Å². The molecule has 0 fully saturated rings. The predicted octanol–water partition coefficient (Wildman–Crippen LogP) is 0.354. The molecule has 0 spiro atoms. The molecule has 1 atom stereocenters. The second-order valence-corrected chi connectivity index (χ2v) is 7.64. The fraction of sp³-hybridized carbons (Fsp3) is 1.00. The highest BCUT2D eigenvalue weighted by atomic mass is 32.2. The zero-order valence-electron chi connectivity index (χ0n) is 10.1. The maximum atomic E-state index is 10.9. The van der Waals surface area contributed by atoms with Gasteiger partial charge >= 0.3 is 0 Å². The third-order valence-electron chi connectivity index (χ3n) is 2.06. The van der Waals surface area contributed by atoms with Crippen LogP contribution in [-0.4, -0.2) is 42.1 Å². The van der Waals surface area contributed by atoms with Crippen LogP contribution in [0.15, 0.2) is 0 Å². The topological polar surface area (TPSA) is 86.7 Å². The van der Waals surface area contributed by atoms with Crippen LogP contribution in [0.2, 0.25) is 0 Å². The molecule has 8 heteroatoms. The number of hydrogen-bond donors (Lipinski definition) is 0. The van der Waals surface area contributed by atoms with Gasteiger partial charge in [0.15, 0.2) is 0 Å². The molecule has 0 radical (unpaired) electrons. The Morgan fingerprint density at radius 1 is 1.06 bits per heavy atom. The first-order valence-corrected chi connectivity index (χ1v) is 8.19.